The molecule has 6 heteroatoms. The van der Waals surface area contributed by atoms with Gasteiger partial charge in [-0.15, -0.1) is 12.4 Å². The Balaban J connectivity index is 0.00000229. The molecule has 2 heterocycles. The number of halogens is 1. The van der Waals surface area contributed by atoms with E-state index in [1.165, 1.54) is 30.5 Å². The summed E-state index contributed by atoms with van der Waals surface area (Å²) in [7, 11) is 1.83. The number of methoxy groups -OCH3 is 1. The van der Waals surface area contributed by atoms with Crippen LogP contribution in [0.4, 0.5) is 0 Å². The number of hydrogen-bond donors (Lipinski definition) is 2. The molecule has 194 valence electrons. The first-order valence-electron chi connectivity index (χ1n) is 13.6. The molecule has 2 spiro atoms. The minimum Gasteiger partial charge on any atom is -0.504 e. The molecule has 1 aromatic carbocycles. The molecule has 0 amide bonds. The van der Waals surface area contributed by atoms with Gasteiger partial charge in [-0.3, -0.25) is 4.90 Å². The maximum atomic E-state index is 12.2. The van der Waals surface area contributed by atoms with E-state index in [-0.39, 0.29) is 46.4 Å². The van der Waals surface area contributed by atoms with Crippen LogP contribution in [-0.4, -0.2) is 58.7 Å². The Morgan fingerprint density at radius 2 is 1.89 bits per heavy atom. The van der Waals surface area contributed by atoms with Crippen molar-refractivity contribution >= 4 is 12.4 Å². The molecule has 4 bridgehead atoms. The average Bonchev–Trinajstić information content (AvgIpc) is 3.53. The summed E-state index contributed by atoms with van der Waals surface area (Å²) in [5.41, 5.74) is 0.783. The van der Waals surface area contributed by atoms with E-state index in [2.05, 4.69) is 31.7 Å². The number of aliphatic hydroxyl groups is 1. The molecule has 1 aromatic rings. The fourth-order valence-electron chi connectivity index (χ4n) is 9.58. The molecule has 0 radical (unpaired) electrons. The van der Waals surface area contributed by atoms with E-state index >= 15 is 0 Å². The molecule has 5 nitrogen and oxygen atoms in total. The summed E-state index contributed by atoms with van der Waals surface area (Å²) in [6.07, 6.45) is 7.64. The van der Waals surface area contributed by atoms with Gasteiger partial charge in [0.1, 0.15) is 11.7 Å². The third-order valence-electron chi connectivity index (χ3n) is 11.9. The van der Waals surface area contributed by atoms with Crippen LogP contribution in [0.5, 0.6) is 11.5 Å². The lowest BCUT2D eigenvalue weighted by molar-refractivity contribution is -0.312. The van der Waals surface area contributed by atoms with E-state index in [4.69, 9.17) is 9.47 Å². The third kappa shape index (κ3) is 2.62. The van der Waals surface area contributed by atoms with Crippen LogP contribution in [0.3, 0.4) is 0 Å². The van der Waals surface area contributed by atoms with E-state index < -0.39 is 11.2 Å². The summed E-state index contributed by atoms with van der Waals surface area (Å²) < 4.78 is 13.5. The number of likely N-dealkylation sites (tertiary alicyclic amines) is 1. The number of hydrogen-bond acceptors (Lipinski definition) is 5. The monoisotopic (exact) mass is 503 g/mol. The van der Waals surface area contributed by atoms with E-state index in [0.29, 0.717) is 11.8 Å². The number of nitrogens with zero attached hydrogens (tertiary/aromatic N) is 1. The van der Waals surface area contributed by atoms with Crippen LogP contribution >= 0.6 is 12.4 Å². The van der Waals surface area contributed by atoms with Gasteiger partial charge >= 0.3 is 0 Å². The highest BCUT2D eigenvalue weighted by Crippen LogP contribution is 2.78. The molecule has 2 N–H and O–H groups in total. The fraction of sp³-hybridized carbons (Fsp3) is 0.793. The number of ether oxygens (including phenoxy) is 2. The Labute approximate surface area is 216 Å². The van der Waals surface area contributed by atoms with Gasteiger partial charge in [-0.05, 0) is 81.4 Å². The van der Waals surface area contributed by atoms with Crippen molar-refractivity contribution in [2.24, 2.45) is 22.7 Å². The van der Waals surface area contributed by atoms with Crippen LogP contribution in [-0.2, 0) is 16.6 Å². The molecule has 4 saturated carbocycles. The van der Waals surface area contributed by atoms with E-state index in [9.17, 15) is 10.2 Å². The van der Waals surface area contributed by atoms with Gasteiger partial charge in [0.25, 0.3) is 0 Å². The Hall–Kier alpha value is -1.01. The lowest BCUT2D eigenvalue weighted by Gasteiger charge is -2.75. The molecule has 0 aromatic heterocycles. The predicted molar refractivity (Wildman–Crippen MR) is 137 cm³/mol. The highest BCUT2D eigenvalue weighted by Gasteiger charge is 2.82. The zero-order valence-corrected chi connectivity index (χ0v) is 22.7. The fourth-order valence-corrected chi connectivity index (χ4v) is 9.58. The van der Waals surface area contributed by atoms with Crippen molar-refractivity contribution in [3.8, 4) is 11.5 Å². The first-order chi connectivity index (χ1) is 16.0. The second-order valence-corrected chi connectivity index (χ2v) is 13.8. The number of rotatable bonds is 4. The van der Waals surface area contributed by atoms with Crippen molar-refractivity contribution in [2.75, 3.05) is 20.2 Å². The lowest BCUT2D eigenvalue weighted by atomic mass is 9.33. The maximum absolute atomic E-state index is 12.2. The first-order valence-corrected chi connectivity index (χ1v) is 13.6. The van der Waals surface area contributed by atoms with E-state index in [1.807, 2.05) is 20.1 Å². The van der Waals surface area contributed by atoms with Gasteiger partial charge in [0, 0.05) is 42.0 Å². The second kappa shape index (κ2) is 7.09. The normalized spacial score (nSPS) is 42.6. The van der Waals surface area contributed by atoms with Crippen molar-refractivity contribution in [2.45, 2.75) is 101 Å². The summed E-state index contributed by atoms with van der Waals surface area (Å²) in [4.78, 5) is 2.82. The SMILES string of the molecule is CO[C@]12CC[C@@]3(C[C@@H]1C(C)(O)C(C)(C)C)[C@H]1Cc4ccc(O)c5c4[C@@]3(CCN1CC1CC1)[C@H]2O5.Cl. The molecular weight excluding hydrogens is 462 g/mol. The zero-order valence-electron chi connectivity index (χ0n) is 21.9. The van der Waals surface area contributed by atoms with Crippen LogP contribution in [0.2, 0.25) is 0 Å². The Morgan fingerprint density at radius 1 is 1.14 bits per heavy atom. The maximum Gasteiger partial charge on any atom is 0.165 e. The van der Waals surface area contributed by atoms with Crippen molar-refractivity contribution in [3.05, 3.63) is 23.3 Å². The van der Waals surface area contributed by atoms with Crippen LogP contribution in [0, 0.1) is 22.7 Å². The molecule has 8 rings (SSSR count). The predicted octanol–water partition coefficient (Wildman–Crippen LogP) is 4.84. The van der Waals surface area contributed by atoms with Crippen LogP contribution < -0.4 is 4.74 Å². The number of fused-ring (bicyclic) bond motifs is 2. The van der Waals surface area contributed by atoms with Gasteiger partial charge in [0.05, 0.1) is 5.60 Å². The van der Waals surface area contributed by atoms with Crippen molar-refractivity contribution in [1.29, 1.82) is 0 Å². The Bertz CT molecular complexity index is 1060. The molecule has 7 aliphatic rings. The summed E-state index contributed by atoms with van der Waals surface area (Å²) in [5, 5.41) is 23.2. The summed E-state index contributed by atoms with van der Waals surface area (Å²) in [6, 6.07) is 4.46. The third-order valence-corrected chi connectivity index (χ3v) is 11.9. The highest BCUT2D eigenvalue weighted by atomic mass is 35.5. The average molecular weight is 504 g/mol. The number of phenolic OH excluding ortho intramolecular Hbond substituents is 1. The van der Waals surface area contributed by atoms with Gasteiger partial charge in [-0.2, -0.15) is 0 Å². The van der Waals surface area contributed by atoms with Gasteiger partial charge in [0.15, 0.2) is 11.5 Å². The second-order valence-electron chi connectivity index (χ2n) is 13.8. The highest BCUT2D eigenvalue weighted by molar-refractivity contribution is 5.85. The van der Waals surface area contributed by atoms with Gasteiger partial charge in [-0.25, -0.2) is 0 Å². The number of piperidine rings is 1. The lowest BCUT2D eigenvalue weighted by Crippen LogP contribution is -2.83. The molecule has 5 aliphatic carbocycles. The van der Waals surface area contributed by atoms with Gasteiger partial charge in [0.2, 0.25) is 0 Å². The summed E-state index contributed by atoms with van der Waals surface area (Å²) in [5.74, 6) is 1.80. The molecule has 1 unspecified atom stereocenters. The first kappa shape index (κ1) is 24.3. The number of benzene rings is 1. The van der Waals surface area contributed by atoms with Crippen LogP contribution in [0.25, 0.3) is 0 Å². The van der Waals surface area contributed by atoms with Gasteiger partial charge in [-0.1, -0.05) is 26.8 Å². The Kier molecular flexibility index (Phi) is 4.93. The van der Waals surface area contributed by atoms with Crippen LogP contribution in [0.15, 0.2) is 12.1 Å². The van der Waals surface area contributed by atoms with Crippen LogP contribution in [0.1, 0.15) is 77.3 Å². The zero-order chi connectivity index (χ0) is 23.9. The Morgan fingerprint density at radius 3 is 2.54 bits per heavy atom. The molecule has 7 atom stereocenters. The van der Waals surface area contributed by atoms with Crippen molar-refractivity contribution in [3.63, 3.8) is 0 Å². The largest absolute Gasteiger partial charge is 0.504 e. The van der Waals surface area contributed by atoms with E-state index in [0.717, 1.165) is 44.6 Å². The van der Waals surface area contributed by atoms with Crippen molar-refractivity contribution in [1.82, 2.24) is 4.90 Å². The van der Waals surface area contributed by atoms with Gasteiger partial charge < -0.3 is 19.7 Å². The summed E-state index contributed by atoms with van der Waals surface area (Å²) >= 11 is 0. The smallest absolute Gasteiger partial charge is 0.165 e. The molecule has 5 fully saturated rings. The minimum atomic E-state index is -0.909. The number of aromatic hydroxyl groups is 1. The van der Waals surface area contributed by atoms with Crippen molar-refractivity contribution < 1.29 is 19.7 Å². The quantitative estimate of drug-likeness (QED) is 0.616. The molecule has 35 heavy (non-hydrogen) atoms. The van der Waals surface area contributed by atoms with E-state index in [1.54, 1.807) is 0 Å². The molecule has 2 aliphatic heterocycles. The number of phenols is 1. The molecular formula is C29H42ClNO4. The standard InChI is InChI=1S/C29H41NO4.ClH/c1-25(2,3)26(4,32)20-15-27-10-11-29(20,33-5)24-28(27)12-13-30(16-17-6-7-17)21(27)14-18-8-9-19(31)23(34-24)22(18)28;/h8-9,17,20-21,24,31-32H,6-7,10-16H2,1-5H3;1H/t20-,21-,24-,26?,27-,28+,29-;/m1./s1. The summed E-state index contributed by atoms with van der Waals surface area (Å²) in [6.45, 7) is 10.8. The topological polar surface area (TPSA) is 62.2 Å². The minimum absolute atomic E-state index is 0. The molecule has 1 saturated heterocycles.